The fraction of sp³-hybridized carbons (Fsp3) is 0.438. The van der Waals surface area contributed by atoms with Crippen molar-refractivity contribution in [1.82, 2.24) is 15.0 Å². The average Bonchev–Trinajstić information content (AvgIpc) is 3.32. The van der Waals surface area contributed by atoms with E-state index in [1.54, 1.807) is 24.3 Å². The van der Waals surface area contributed by atoms with Crippen LogP contribution in [-0.4, -0.2) is 28.1 Å². The molecule has 1 aliphatic carbocycles. The minimum atomic E-state index is -0.169. The Balaban J connectivity index is 1.73. The van der Waals surface area contributed by atoms with Crippen molar-refractivity contribution in [2.45, 2.75) is 38.6 Å². The molecule has 0 aromatic carbocycles. The van der Waals surface area contributed by atoms with Crippen molar-refractivity contribution < 1.29 is 9.32 Å². The molecule has 2 amide bonds. The van der Waals surface area contributed by atoms with E-state index in [4.69, 9.17) is 4.52 Å². The van der Waals surface area contributed by atoms with E-state index < -0.39 is 0 Å². The normalized spacial score (nSPS) is 15.4. The number of rotatable bonds is 4. The number of amides is 2. The van der Waals surface area contributed by atoms with Crippen molar-refractivity contribution in [2.24, 2.45) is 0 Å². The number of aryl methyl sites for hydroxylation is 1. The minimum absolute atomic E-state index is 0.0486. The predicted octanol–water partition coefficient (Wildman–Crippen LogP) is 3.48. The van der Waals surface area contributed by atoms with Crippen LogP contribution in [0, 0.1) is 6.92 Å². The van der Waals surface area contributed by atoms with E-state index in [2.05, 4.69) is 15.5 Å². The number of nitrogens with zero attached hydrogens (tertiary/aromatic N) is 3. The summed E-state index contributed by atoms with van der Waals surface area (Å²) in [5.41, 5.74) is 2.48. The van der Waals surface area contributed by atoms with E-state index in [9.17, 15) is 4.79 Å². The fourth-order valence-electron chi connectivity index (χ4n) is 2.40. The predicted molar refractivity (Wildman–Crippen MR) is 82.6 cm³/mol. The van der Waals surface area contributed by atoms with Gasteiger partial charge in [0.1, 0.15) is 11.4 Å². The van der Waals surface area contributed by atoms with Crippen LogP contribution in [0.5, 0.6) is 0 Å². The highest BCUT2D eigenvalue weighted by atomic mass is 16.5. The van der Waals surface area contributed by atoms with Crippen LogP contribution in [0.3, 0.4) is 0 Å². The maximum Gasteiger partial charge on any atom is 0.322 e. The van der Waals surface area contributed by atoms with E-state index in [1.165, 1.54) is 0 Å². The lowest BCUT2D eigenvalue weighted by atomic mass is 10.1. The topological polar surface area (TPSA) is 71.3 Å². The van der Waals surface area contributed by atoms with E-state index in [0.717, 1.165) is 35.5 Å². The van der Waals surface area contributed by atoms with Crippen LogP contribution in [0.4, 0.5) is 10.5 Å². The van der Waals surface area contributed by atoms with Gasteiger partial charge < -0.3 is 14.7 Å². The summed E-state index contributed by atoms with van der Waals surface area (Å²) in [6.07, 6.45) is 5.65. The average molecular weight is 300 g/mol. The molecule has 6 heteroatoms. The second-order valence-corrected chi connectivity index (χ2v) is 5.78. The summed E-state index contributed by atoms with van der Waals surface area (Å²) in [4.78, 5) is 18.2. The molecular weight excluding hydrogens is 280 g/mol. The number of aromatic nitrogens is 2. The SMILES string of the molecule is Cc1noc(C2CC2)c1NC(=O)N(C)[C@H](C)c1ccncc1. The zero-order valence-electron chi connectivity index (χ0n) is 13.0. The fourth-order valence-corrected chi connectivity index (χ4v) is 2.40. The molecule has 1 saturated carbocycles. The smallest absolute Gasteiger partial charge is 0.322 e. The van der Waals surface area contributed by atoms with Crippen LogP contribution in [0.15, 0.2) is 29.0 Å². The largest absolute Gasteiger partial charge is 0.359 e. The summed E-state index contributed by atoms with van der Waals surface area (Å²) in [5.74, 6) is 1.20. The maximum atomic E-state index is 12.5. The standard InChI is InChI=1S/C16H20N4O2/c1-10-14(15(22-19-10)13-4-5-13)18-16(21)20(3)11(2)12-6-8-17-9-7-12/h6-9,11,13H,4-5H2,1-3H3,(H,18,21)/t11-/m1/s1. The number of hydrogen-bond acceptors (Lipinski definition) is 4. The zero-order valence-corrected chi connectivity index (χ0v) is 13.0. The van der Waals surface area contributed by atoms with Crippen LogP contribution >= 0.6 is 0 Å². The first-order chi connectivity index (χ1) is 10.6. The quantitative estimate of drug-likeness (QED) is 0.938. The molecule has 0 aliphatic heterocycles. The molecule has 0 unspecified atom stereocenters. The summed E-state index contributed by atoms with van der Waals surface area (Å²) >= 11 is 0. The van der Waals surface area contributed by atoms with Gasteiger partial charge in [0.05, 0.1) is 6.04 Å². The number of nitrogens with one attached hydrogen (secondary N) is 1. The summed E-state index contributed by atoms with van der Waals surface area (Å²) in [7, 11) is 1.78. The van der Waals surface area contributed by atoms with Gasteiger partial charge in [-0.1, -0.05) is 5.16 Å². The van der Waals surface area contributed by atoms with Crippen LogP contribution in [-0.2, 0) is 0 Å². The van der Waals surface area contributed by atoms with Gasteiger partial charge in [-0.05, 0) is 44.4 Å². The van der Waals surface area contributed by atoms with Gasteiger partial charge in [0.2, 0.25) is 0 Å². The number of carbonyl (C=O) groups is 1. The molecule has 116 valence electrons. The zero-order chi connectivity index (χ0) is 15.7. The van der Waals surface area contributed by atoms with Crippen molar-refractivity contribution in [3.8, 4) is 0 Å². The Morgan fingerprint density at radius 1 is 1.41 bits per heavy atom. The Hall–Kier alpha value is -2.37. The minimum Gasteiger partial charge on any atom is -0.359 e. The van der Waals surface area contributed by atoms with Crippen molar-refractivity contribution in [1.29, 1.82) is 0 Å². The van der Waals surface area contributed by atoms with Crippen molar-refractivity contribution in [3.63, 3.8) is 0 Å². The first-order valence-electron chi connectivity index (χ1n) is 7.48. The number of carbonyl (C=O) groups excluding carboxylic acids is 1. The van der Waals surface area contributed by atoms with Gasteiger partial charge in [0.15, 0.2) is 5.76 Å². The molecule has 0 saturated heterocycles. The molecule has 1 N–H and O–H groups in total. The molecule has 1 aliphatic rings. The second kappa shape index (κ2) is 5.79. The number of urea groups is 1. The summed E-state index contributed by atoms with van der Waals surface area (Å²) < 4.78 is 5.35. The number of pyridine rings is 1. The Kier molecular flexibility index (Phi) is 3.83. The van der Waals surface area contributed by atoms with E-state index in [-0.39, 0.29) is 12.1 Å². The Labute approximate surface area is 129 Å². The molecule has 1 fully saturated rings. The first-order valence-corrected chi connectivity index (χ1v) is 7.48. The highest BCUT2D eigenvalue weighted by molar-refractivity contribution is 5.90. The summed E-state index contributed by atoms with van der Waals surface area (Å²) in [6, 6.07) is 3.61. The highest BCUT2D eigenvalue weighted by Gasteiger charge is 2.32. The lowest BCUT2D eigenvalue weighted by Crippen LogP contribution is -2.33. The van der Waals surface area contributed by atoms with E-state index in [0.29, 0.717) is 5.92 Å². The lowest BCUT2D eigenvalue weighted by Gasteiger charge is -2.25. The summed E-state index contributed by atoms with van der Waals surface area (Å²) in [6.45, 7) is 3.83. The molecule has 2 aromatic heterocycles. The molecule has 6 nitrogen and oxygen atoms in total. The van der Waals surface area contributed by atoms with Gasteiger partial charge in [-0.2, -0.15) is 0 Å². The van der Waals surface area contributed by atoms with Gasteiger partial charge in [-0.25, -0.2) is 4.79 Å². The van der Waals surface area contributed by atoms with Crippen LogP contribution in [0.1, 0.15) is 48.7 Å². The molecule has 2 heterocycles. The molecule has 3 rings (SSSR count). The highest BCUT2D eigenvalue weighted by Crippen LogP contribution is 2.44. The molecule has 1 atom stereocenters. The molecular formula is C16H20N4O2. The Morgan fingerprint density at radius 3 is 2.73 bits per heavy atom. The number of anilines is 1. The van der Waals surface area contributed by atoms with E-state index >= 15 is 0 Å². The molecule has 0 spiro atoms. The third kappa shape index (κ3) is 2.81. The van der Waals surface area contributed by atoms with Gasteiger partial charge in [0.25, 0.3) is 0 Å². The molecule has 22 heavy (non-hydrogen) atoms. The third-order valence-electron chi connectivity index (χ3n) is 4.16. The van der Waals surface area contributed by atoms with Crippen molar-refractivity contribution in [3.05, 3.63) is 41.5 Å². The summed E-state index contributed by atoms with van der Waals surface area (Å²) in [5, 5.41) is 6.92. The molecule has 0 radical (unpaired) electrons. The van der Waals surface area contributed by atoms with Crippen molar-refractivity contribution >= 4 is 11.7 Å². The number of hydrogen-bond donors (Lipinski definition) is 1. The van der Waals surface area contributed by atoms with E-state index in [1.807, 2.05) is 26.0 Å². The molecule has 2 aromatic rings. The van der Waals surface area contributed by atoms with Gasteiger partial charge >= 0.3 is 6.03 Å². The van der Waals surface area contributed by atoms with Gasteiger partial charge in [0, 0.05) is 25.4 Å². The van der Waals surface area contributed by atoms with Crippen LogP contribution in [0.2, 0.25) is 0 Å². The monoisotopic (exact) mass is 300 g/mol. The van der Waals surface area contributed by atoms with Crippen LogP contribution < -0.4 is 5.32 Å². The Bertz CT molecular complexity index is 664. The van der Waals surface area contributed by atoms with Crippen LogP contribution in [0.25, 0.3) is 0 Å². The first kappa shape index (κ1) is 14.6. The Morgan fingerprint density at radius 2 is 2.09 bits per heavy atom. The maximum absolute atomic E-state index is 12.5. The molecule has 0 bridgehead atoms. The second-order valence-electron chi connectivity index (χ2n) is 5.78. The van der Waals surface area contributed by atoms with Crippen molar-refractivity contribution in [2.75, 3.05) is 12.4 Å². The van der Waals surface area contributed by atoms with Gasteiger partial charge in [-0.3, -0.25) is 4.98 Å². The third-order valence-corrected chi connectivity index (χ3v) is 4.16. The van der Waals surface area contributed by atoms with Gasteiger partial charge in [-0.15, -0.1) is 0 Å². The lowest BCUT2D eigenvalue weighted by molar-refractivity contribution is 0.208.